The molecule has 1 unspecified atom stereocenters. The molecule has 5 heteroatoms. The average Bonchev–Trinajstić information content (AvgIpc) is 2.93. The van der Waals surface area contributed by atoms with E-state index in [-0.39, 0.29) is 0 Å². The van der Waals surface area contributed by atoms with Gasteiger partial charge in [0.2, 0.25) is 5.95 Å². The topological polar surface area (TPSA) is 45.2 Å². The van der Waals surface area contributed by atoms with E-state index in [0.29, 0.717) is 0 Å². The smallest absolute Gasteiger partial charge is 0.247 e. The molecule has 0 aliphatic carbocycles. The summed E-state index contributed by atoms with van der Waals surface area (Å²) in [7, 11) is 0. The number of nitrogens with zero attached hydrogens (tertiary/aromatic N) is 5. The zero-order valence-electron chi connectivity index (χ0n) is 11.0. The van der Waals surface area contributed by atoms with Crippen LogP contribution in [0, 0.1) is 5.92 Å². The first-order valence-electron chi connectivity index (χ1n) is 7.02. The summed E-state index contributed by atoms with van der Waals surface area (Å²) >= 11 is 0. The lowest BCUT2D eigenvalue weighted by atomic mass is 10.0. The summed E-state index contributed by atoms with van der Waals surface area (Å²) in [5.41, 5.74) is 0. The van der Waals surface area contributed by atoms with E-state index in [1.165, 1.54) is 25.7 Å². The van der Waals surface area contributed by atoms with Crippen molar-refractivity contribution in [2.75, 3.05) is 36.0 Å². The number of piperidine rings is 1. The van der Waals surface area contributed by atoms with E-state index < -0.39 is 0 Å². The molecule has 0 amide bonds. The van der Waals surface area contributed by atoms with Crippen LogP contribution >= 0.6 is 0 Å². The van der Waals surface area contributed by atoms with Crippen molar-refractivity contribution in [3.8, 4) is 0 Å². The van der Waals surface area contributed by atoms with Crippen LogP contribution in [0.5, 0.6) is 0 Å². The maximum Gasteiger partial charge on any atom is 0.247 e. The molecule has 2 aliphatic rings. The summed E-state index contributed by atoms with van der Waals surface area (Å²) in [6.07, 6.45) is 6.87. The van der Waals surface area contributed by atoms with E-state index in [4.69, 9.17) is 4.98 Å². The molecular weight excluding hydrogens is 226 g/mol. The highest BCUT2D eigenvalue weighted by Gasteiger charge is 2.21. The van der Waals surface area contributed by atoms with Crippen LogP contribution in [0.25, 0.3) is 0 Å². The van der Waals surface area contributed by atoms with Crippen LogP contribution in [0.3, 0.4) is 0 Å². The summed E-state index contributed by atoms with van der Waals surface area (Å²) in [6, 6.07) is 0. The van der Waals surface area contributed by atoms with Gasteiger partial charge < -0.3 is 9.80 Å². The molecule has 98 valence electrons. The zero-order valence-corrected chi connectivity index (χ0v) is 11.0. The third-order valence-corrected chi connectivity index (χ3v) is 3.90. The first kappa shape index (κ1) is 11.7. The van der Waals surface area contributed by atoms with E-state index in [1.807, 2.05) is 0 Å². The minimum atomic E-state index is 0.734. The van der Waals surface area contributed by atoms with Gasteiger partial charge in [-0.15, -0.1) is 5.10 Å². The van der Waals surface area contributed by atoms with Gasteiger partial charge in [-0.3, -0.25) is 0 Å². The fraction of sp³-hybridized carbons (Fsp3) is 0.769. The van der Waals surface area contributed by atoms with Gasteiger partial charge in [0.05, 0.1) is 6.20 Å². The number of hydrogen-bond acceptors (Lipinski definition) is 5. The Kier molecular flexibility index (Phi) is 3.30. The Labute approximate surface area is 108 Å². The highest BCUT2D eigenvalue weighted by Crippen LogP contribution is 2.22. The summed E-state index contributed by atoms with van der Waals surface area (Å²) in [6.45, 7) is 6.63. The van der Waals surface area contributed by atoms with Crippen molar-refractivity contribution in [1.29, 1.82) is 0 Å². The van der Waals surface area contributed by atoms with E-state index in [0.717, 1.165) is 43.9 Å². The van der Waals surface area contributed by atoms with Crippen LogP contribution in [0.15, 0.2) is 6.20 Å². The van der Waals surface area contributed by atoms with Gasteiger partial charge in [-0.2, -0.15) is 10.1 Å². The van der Waals surface area contributed by atoms with Crippen LogP contribution in [-0.2, 0) is 0 Å². The second kappa shape index (κ2) is 5.08. The predicted molar refractivity (Wildman–Crippen MR) is 71.9 cm³/mol. The standard InChI is InChI=1S/C13H21N5/c1-11-5-4-8-18(10-11)13-15-12(9-14-16-13)17-6-2-3-7-17/h9,11H,2-8,10H2,1H3. The molecule has 3 rings (SSSR count). The Hall–Kier alpha value is -1.39. The second-order valence-corrected chi connectivity index (χ2v) is 5.50. The van der Waals surface area contributed by atoms with Crippen molar-refractivity contribution in [2.24, 2.45) is 5.92 Å². The van der Waals surface area contributed by atoms with Gasteiger partial charge in [0.1, 0.15) is 0 Å². The molecule has 0 radical (unpaired) electrons. The van der Waals surface area contributed by atoms with Gasteiger partial charge in [-0.1, -0.05) is 6.92 Å². The van der Waals surface area contributed by atoms with Crippen LogP contribution in [0.4, 0.5) is 11.8 Å². The lowest BCUT2D eigenvalue weighted by molar-refractivity contribution is 0.441. The normalized spacial score (nSPS) is 24.6. The molecule has 1 aromatic heterocycles. The molecule has 0 saturated carbocycles. The van der Waals surface area contributed by atoms with Crippen LogP contribution in [-0.4, -0.2) is 41.4 Å². The number of anilines is 2. The van der Waals surface area contributed by atoms with E-state index in [1.54, 1.807) is 6.20 Å². The van der Waals surface area contributed by atoms with Gasteiger partial charge in [0.25, 0.3) is 0 Å². The number of hydrogen-bond donors (Lipinski definition) is 0. The largest absolute Gasteiger partial charge is 0.355 e. The summed E-state index contributed by atoms with van der Waals surface area (Å²) in [4.78, 5) is 9.28. The third kappa shape index (κ3) is 2.40. The van der Waals surface area contributed by atoms with E-state index >= 15 is 0 Å². The fourth-order valence-electron chi connectivity index (χ4n) is 2.89. The molecule has 3 heterocycles. The van der Waals surface area contributed by atoms with Gasteiger partial charge in [-0.05, 0) is 31.6 Å². The maximum absolute atomic E-state index is 4.69. The first-order valence-corrected chi connectivity index (χ1v) is 7.02. The molecule has 18 heavy (non-hydrogen) atoms. The maximum atomic E-state index is 4.69. The number of aromatic nitrogens is 3. The SMILES string of the molecule is CC1CCCN(c2nncc(N3CCCC3)n2)C1. The molecule has 0 aromatic carbocycles. The fourth-order valence-corrected chi connectivity index (χ4v) is 2.89. The summed E-state index contributed by atoms with van der Waals surface area (Å²) in [5, 5.41) is 8.34. The lowest BCUT2D eigenvalue weighted by Gasteiger charge is -2.31. The van der Waals surface area contributed by atoms with Crippen molar-refractivity contribution in [1.82, 2.24) is 15.2 Å². The van der Waals surface area contributed by atoms with Crippen molar-refractivity contribution >= 4 is 11.8 Å². The molecule has 2 fully saturated rings. The Morgan fingerprint density at radius 1 is 1.11 bits per heavy atom. The van der Waals surface area contributed by atoms with Crippen LogP contribution < -0.4 is 9.80 Å². The molecule has 2 saturated heterocycles. The van der Waals surface area contributed by atoms with Gasteiger partial charge in [-0.25, -0.2) is 0 Å². The first-order chi connectivity index (χ1) is 8.83. The summed E-state index contributed by atoms with van der Waals surface area (Å²) in [5.74, 6) is 2.54. The molecule has 1 aromatic rings. The second-order valence-electron chi connectivity index (χ2n) is 5.50. The monoisotopic (exact) mass is 247 g/mol. The molecule has 0 spiro atoms. The minimum Gasteiger partial charge on any atom is -0.355 e. The Bertz CT molecular complexity index is 402. The van der Waals surface area contributed by atoms with Crippen LogP contribution in [0.2, 0.25) is 0 Å². The van der Waals surface area contributed by atoms with E-state index in [9.17, 15) is 0 Å². The lowest BCUT2D eigenvalue weighted by Crippen LogP contribution is -2.36. The average molecular weight is 247 g/mol. The van der Waals surface area contributed by atoms with Crippen molar-refractivity contribution in [3.05, 3.63) is 6.20 Å². The zero-order chi connectivity index (χ0) is 12.4. The Morgan fingerprint density at radius 2 is 1.89 bits per heavy atom. The van der Waals surface area contributed by atoms with Gasteiger partial charge >= 0.3 is 0 Å². The molecular formula is C13H21N5. The highest BCUT2D eigenvalue weighted by atomic mass is 15.4. The minimum absolute atomic E-state index is 0.734. The molecule has 5 nitrogen and oxygen atoms in total. The summed E-state index contributed by atoms with van der Waals surface area (Å²) < 4.78 is 0. The van der Waals surface area contributed by atoms with Gasteiger partial charge in [0.15, 0.2) is 5.82 Å². The Balaban J connectivity index is 1.77. The quantitative estimate of drug-likeness (QED) is 0.796. The molecule has 0 N–H and O–H groups in total. The van der Waals surface area contributed by atoms with Crippen molar-refractivity contribution < 1.29 is 0 Å². The van der Waals surface area contributed by atoms with Crippen LogP contribution in [0.1, 0.15) is 32.6 Å². The molecule has 1 atom stereocenters. The van der Waals surface area contributed by atoms with Crippen molar-refractivity contribution in [3.63, 3.8) is 0 Å². The van der Waals surface area contributed by atoms with Crippen molar-refractivity contribution in [2.45, 2.75) is 32.6 Å². The highest BCUT2D eigenvalue weighted by molar-refractivity contribution is 5.42. The molecule has 0 bridgehead atoms. The number of rotatable bonds is 2. The Morgan fingerprint density at radius 3 is 2.67 bits per heavy atom. The predicted octanol–water partition coefficient (Wildman–Crippen LogP) is 1.71. The molecule has 2 aliphatic heterocycles. The van der Waals surface area contributed by atoms with E-state index in [2.05, 4.69) is 26.9 Å². The van der Waals surface area contributed by atoms with Gasteiger partial charge in [0, 0.05) is 26.2 Å². The third-order valence-electron chi connectivity index (χ3n) is 3.90.